The molecule has 162 valence electrons. The Labute approximate surface area is 180 Å². The van der Waals surface area contributed by atoms with Crippen molar-refractivity contribution in [3.8, 4) is 0 Å². The molecule has 9 nitrogen and oxygen atoms in total. The topological polar surface area (TPSA) is 130 Å². The van der Waals surface area contributed by atoms with Crippen molar-refractivity contribution in [3.05, 3.63) is 46.1 Å². The summed E-state index contributed by atoms with van der Waals surface area (Å²) in [6.07, 6.45) is 0. The average molecular weight is 454 g/mol. The molecular weight excluding hydrogens is 430 g/mol. The number of halogens is 1. The number of hydrogen-bond donors (Lipinski definition) is 3. The average Bonchev–Trinajstić information content (AvgIpc) is 2.67. The Kier molecular flexibility index (Phi) is 7.38. The van der Waals surface area contributed by atoms with E-state index in [1.54, 1.807) is 12.1 Å². The third-order valence-electron chi connectivity index (χ3n) is 4.25. The van der Waals surface area contributed by atoms with Crippen molar-refractivity contribution < 1.29 is 18.0 Å². The highest BCUT2D eigenvalue weighted by atomic mass is 35.5. The zero-order valence-electron chi connectivity index (χ0n) is 17.3. The maximum absolute atomic E-state index is 12.5. The molecule has 0 radical (unpaired) electrons. The highest BCUT2D eigenvalue weighted by molar-refractivity contribution is 7.90. The number of benzene rings is 1. The lowest BCUT2D eigenvalue weighted by atomic mass is 9.92. The van der Waals surface area contributed by atoms with Gasteiger partial charge in [-0.1, -0.05) is 39.3 Å². The van der Waals surface area contributed by atoms with Crippen LogP contribution in [-0.4, -0.2) is 37.6 Å². The number of carbonyl (C=O) groups is 2. The molecule has 30 heavy (non-hydrogen) atoms. The molecule has 2 aromatic rings. The summed E-state index contributed by atoms with van der Waals surface area (Å²) in [5.74, 6) is -0.435. The molecule has 0 unspecified atom stereocenters. The Hall–Kier alpha value is -2.72. The summed E-state index contributed by atoms with van der Waals surface area (Å²) in [6.45, 7) is 7.77. The van der Waals surface area contributed by atoms with Gasteiger partial charge in [0.1, 0.15) is 0 Å². The number of aromatic nitrogens is 2. The van der Waals surface area contributed by atoms with Crippen LogP contribution in [0, 0.1) is 0 Å². The summed E-state index contributed by atoms with van der Waals surface area (Å²) in [5.41, 5.74) is 2.03. The van der Waals surface area contributed by atoms with Crippen molar-refractivity contribution >= 4 is 39.2 Å². The molecule has 1 aromatic heterocycles. The summed E-state index contributed by atoms with van der Waals surface area (Å²) in [5, 5.41) is 12.1. The van der Waals surface area contributed by atoms with Crippen molar-refractivity contribution in [1.82, 2.24) is 20.2 Å². The van der Waals surface area contributed by atoms with Gasteiger partial charge in [0.05, 0.1) is 0 Å². The van der Waals surface area contributed by atoms with Gasteiger partial charge in [0.25, 0.3) is 15.9 Å². The molecule has 1 aromatic carbocycles. The van der Waals surface area contributed by atoms with Gasteiger partial charge in [0.2, 0.25) is 0 Å². The van der Waals surface area contributed by atoms with E-state index in [4.69, 9.17) is 11.6 Å². The first-order valence-electron chi connectivity index (χ1n) is 9.19. The molecule has 0 bridgehead atoms. The largest absolute Gasteiger partial charge is 0.354 e. The van der Waals surface area contributed by atoms with E-state index in [1.807, 2.05) is 32.4 Å². The van der Waals surface area contributed by atoms with Crippen LogP contribution in [0.5, 0.6) is 0 Å². The van der Waals surface area contributed by atoms with Crippen LogP contribution in [0.3, 0.4) is 0 Å². The minimum absolute atomic E-state index is 0.0382. The van der Waals surface area contributed by atoms with Crippen molar-refractivity contribution in [1.29, 1.82) is 0 Å². The third kappa shape index (κ3) is 5.45. The van der Waals surface area contributed by atoms with Crippen LogP contribution >= 0.6 is 11.6 Å². The molecular formula is C19H24ClN5O4S. The molecule has 0 aliphatic carbocycles. The minimum atomic E-state index is -4.30. The summed E-state index contributed by atoms with van der Waals surface area (Å²) in [7, 11) is -2.89. The fourth-order valence-electron chi connectivity index (χ4n) is 2.73. The molecule has 0 atom stereocenters. The predicted molar refractivity (Wildman–Crippen MR) is 114 cm³/mol. The van der Waals surface area contributed by atoms with Crippen molar-refractivity contribution in [3.63, 3.8) is 0 Å². The van der Waals surface area contributed by atoms with E-state index >= 15 is 0 Å². The number of rotatable bonds is 6. The summed E-state index contributed by atoms with van der Waals surface area (Å²) >= 11 is 6.21. The molecule has 0 saturated heterocycles. The number of carbonyl (C=O) groups excluding carboxylic acids is 2. The molecule has 0 fully saturated rings. The van der Waals surface area contributed by atoms with Crippen LogP contribution < -0.4 is 15.4 Å². The van der Waals surface area contributed by atoms with Crippen LogP contribution in [0.25, 0.3) is 0 Å². The predicted octanol–water partition coefficient (Wildman–Crippen LogP) is 3.25. The molecule has 0 saturated carbocycles. The van der Waals surface area contributed by atoms with E-state index in [1.165, 1.54) is 13.1 Å². The maximum atomic E-state index is 12.5. The number of amides is 3. The Morgan fingerprint density at radius 2 is 1.57 bits per heavy atom. The van der Waals surface area contributed by atoms with Gasteiger partial charge < -0.3 is 10.6 Å². The fraction of sp³-hybridized carbons (Fsp3) is 0.368. The van der Waals surface area contributed by atoms with Gasteiger partial charge in [-0.15, -0.1) is 10.2 Å². The molecule has 3 N–H and O–H groups in total. The minimum Gasteiger partial charge on any atom is -0.354 e. The van der Waals surface area contributed by atoms with Gasteiger partial charge in [0.15, 0.2) is 10.7 Å². The zero-order chi connectivity index (χ0) is 22.6. The molecule has 1 heterocycles. The number of urea groups is 1. The smallest absolute Gasteiger partial charge is 0.333 e. The van der Waals surface area contributed by atoms with E-state index in [9.17, 15) is 18.0 Å². The molecule has 2 rings (SSSR count). The Bertz CT molecular complexity index is 1020. The van der Waals surface area contributed by atoms with Crippen molar-refractivity contribution in [2.45, 2.75) is 44.6 Å². The Balaban J connectivity index is 2.30. The standard InChI is InChI=1S/C19H24ClN5O4S/c1-10(2)13-8-12(20)9-14(11(3)4)17(13)22-19(27)25-30(28,29)16-7-6-15(23-24-16)18(26)21-5/h6-11H,1-5H3,(H,21,26)(H2,22,25,27). The molecule has 0 aliphatic rings. The normalized spacial score (nSPS) is 11.5. The van der Waals surface area contributed by atoms with E-state index in [0.29, 0.717) is 10.7 Å². The number of hydrogen-bond acceptors (Lipinski definition) is 6. The monoisotopic (exact) mass is 453 g/mol. The molecule has 3 amide bonds. The first-order chi connectivity index (χ1) is 14.0. The molecule has 11 heteroatoms. The van der Waals surface area contributed by atoms with E-state index < -0.39 is 27.0 Å². The highest BCUT2D eigenvalue weighted by Crippen LogP contribution is 2.35. The number of nitrogens with one attached hydrogen (secondary N) is 3. The summed E-state index contributed by atoms with van der Waals surface area (Å²) in [4.78, 5) is 24.0. The Morgan fingerprint density at radius 3 is 2.00 bits per heavy atom. The summed E-state index contributed by atoms with van der Waals surface area (Å²) in [6, 6.07) is 4.83. The summed E-state index contributed by atoms with van der Waals surface area (Å²) < 4.78 is 26.9. The molecule has 0 aliphatic heterocycles. The number of anilines is 1. The van der Waals surface area contributed by atoms with Gasteiger partial charge in [-0.2, -0.15) is 8.42 Å². The fourth-order valence-corrected chi connectivity index (χ4v) is 3.76. The van der Waals surface area contributed by atoms with Gasteiger partial charge in [-0.05, 0) is 47.2 Å². The van der Waals surface area contributed by atoms with Crippen LogP contribution in [0.2, 0.25) is 5.02 Å². The van der Waals surface area contributed by atoms with Gasteiger partial charge >= 0.3 is 6.03 Å². The third-order valence-corrected chi connectivity index (χ3v) is 5.69. The second-order valence-corrected chi connectivity index (χ2v) is 9.23. The molecule has 0 spiro atoms. The zero-order valence-corrected chi connectivity index (χ0v) is 18.9. The quantitative estimate of drug-likeness (QED) is 0.615. The van der Waals surface area contributed by atoms with Crippen LogP contribution in [0.1, 0.15) is 61.1 Å². The van der Waals surface area contributed by atoms with Gasteiger partial charge in [-0.25, -0.2) is 9.52 Å². The van der Waals surface area contributed by atoms with Crippen LogP contribution in [-0.2, 0) is 10.0 Å². The second-order valence-electron chi connectivity index (χ2n) is 7.16. The van der Waals surface area contributed by atoms with Crippen LogP contribution in [0.4, 0.5) is 10.5 Å². The lowest BCUT2D eigenvalue weighted by Gasteiger charge is -2.21. The highest BCUT2D eigenvalue weighted by Gasteiger charge is 2.23. The SMILES string of the molecule is CNC(=O)c1ccc(S(=O)(=O)NC(=O)Nc2c(C(C)C)cc(Cl)cc2C(C)C)nn1. The lowest BCUT2D eigenvalue weighted by molar-refractivity contribution is 0.0956. The van der Waals surface area contributed by atoms with Crippen molar-refractivity contribution in [2.75, 3.05) is 12.4 Å². The first-order valence-corrected chi connectivity index (χ1v) is 11.0. The maximum Gasteiger partial charge on any atom is 0.333 e. The van der Waals surface area contributed by atoms with Gasteiger partial charge in [-0.3, -0.25) is 4.79 Å². The lowest BCUT2D eigenvalue weighted by Crippen LogP contribution is -2.35. The van der Waals surface area contributed by atoms with Crippen molar-refractivity contribution in [2.24, 2.45) is 0 Å². The van der Waals surface area contributed by atoms with E-state index in [2.05, 4.69) is 20.8 Å². The van der Waals surface area contributed by atoms with Crippen LogP contribution in [0.15, 0.2) is 29.3 Å². The number of sulfonamides is 1. The van der Waals surface area contributed by atoms with E-state index in [-0.39, 0.29) is 17.5 Å². The Morgan fingerprint density at radius 1 is 1.00 bits per heavy atom. The number of nitrogens with zero attached hydrogens (tertiary/aromatic N) is 2. The van der Waals surface area contributed by atoms with E-state index in [0.717, 1.165) is 17.2 Å². The first kappa shape index (κ1) is 23.6. The van der Waals surface area contributed by atoms with Gasteiger partial charge in [0, 0.05) is 17.8 Å². The second kappa shape index (κ2) is 9.40.